The van der Waals surface area contributed by atoms with Gasteiger partial charge in [0.2, 0.25) is 0 Å². The third kappa shape index (κ3) is 3.87. The summed E-state index contributed by atoms with van der Waals surface area (Å²) in [5.74, 6) is -0.158. The van der Waals surface area contributed by atoms with Gasteiger partial charge in [0, 0.05) is 16.4 Å². The molecule has 3 aromatic rings. The van der Waals surface area contributed by atoms with Gasteiger partial charge in [-0.1, -0.05) is 46.3 Å². The molecule has 0 aliphatic carbocycles. The Kier molecular flexibility index (Phi) is 4.57. The average Bonchev–Trinajstić information content (AvgIpc) is 3.00. The molecule has 0 atom stereocenters. The molecule has 0 bridgehead atoms. The second-order valence-corrected chi connectivity index (χ2v) is 6.24. The standard InChI is InChI=1S/C18H16BrN3O/c1-13-9-16(19)7-8-17(13)21-18(23)15-10-20-22(12-15)11-14-5-3-2-4-6-14/h2-10,12H,11H2,1H3,(H,21,23). The first kappa shape index (κ1) is 15.5. The summed E-state index contributed by atoms with van der Waals surface area (Å²) in [6, 6.07) is 15.8. The first-order valence-electron chi connectivity index (χ1n) is 7.26. The van der Waals surface area contributed by atoms with Gasteiger partial charge in [0.05, 0.1) is 18.3 Å². The molecular formula is C18H16BrN3O. The van der Waals surface area contributed by atoms with Gasteiger partial charge in [-0.25, -0.2) is 0 Å². The quantitative estimate of drug-likeness (QED) is 0.746. The highest BCUT2D eigenvalue weighted by Crippen LogP contribution is 2.20. The van der Waals surface area contributed by atoms with Gasteiger partial charge in [0.1, 0.15) is 0 Å². The fourth-order valence-corrected chi connectivity index (χ4v) is 2.78. The molecule has 1 N–H and O–H groups in total. The Morgan fingerprint density at radius 3 is 2.74 bits per heavy atom. The lowest BCUT2D eigenvalue weighted by Gasteiger charge is -2.07. The van der Waals surface area contributed by atoms with Crippen LogP contribution in [0, 0.1) is 6.92 Å². The maximum Gasteiger partial charge on any atom is 0.258 e. The van der Waals surface area contributed by atoms with Crippen LogP contribution in [0.3, 0.4) is 0 Å². The summed E-state index contributed by atoms with van der Waals surface area (Å²) in [6.45, 7) is 2.60. The van der Waals surface area contributed by atoms with E-state index < -0.39 is 0 Å². The fraction of sp³-hybridized carbons (Fsp3) is 0.111. The van der Waals surface area contributed by atoms with Crippen molar-refractivity contribution in [1.29, 1.82) is 0 Å². The van der Waals surface area contributed by atoms with Gasteiger partial charge in [-0.15, -0.1) is 0 Å². The zero-order valence-corrected chi connectivity index (χ0v) is 14.2. The Morgan fingerprint density at radius 2 is 2.00 bits per heavy atom. The maximum absolute atomic E-state index is 12.3. The van der Waals surface area contributed by atoms with Crippen LogP contribution in [0.1, 0.15) is 21.5 Å². The first-order chi connectivity index (χ1) is 11.1. The first-order valence-corrected chi connectivity index (χ1v) is 8.05. The van der Waals surface area contributed by atoms with Crippen LogP contribution in [-0.2, 0) is 6.54 Å². The normalized spacial score (nSPS) is 10.5. The molecule has 0 aliphatic rings. The molecule has 116 valence electrons. The van der Waals surface area contributed by atoms with Gasteiger partial charge >= 0.3 is 0 Å². The molecule has 4 nitrogen and oxygen atoms in total. The predicted molar refractivity (Wildman–Crippen MR) is 94.6 cm³/mol. The maximum atomic E-state index is 12.3. The van der Waals surface area contributed by atoms with Crippen molar-refractivity contribution in [3.8, 4) is 0 Å². The SMILES string of the molecule is Cc1cc(Br)ccc1NC(=O)c1cnn(Cc2ccccc2)c1. The van der Waals surface area contributed by atoms with E-state index in [4.69, 9.17) is 0 Å². The van der Waals surface area contributed by atoms with E-state index >= 15 is 0 Å². The molecule has 0 radical (unpaired) electrons. The predicted octanol–water partition coefficient (Wildman–Crippen LogP) is 4.25. The molecule has 0 aliphatic heterocycles. The van der Waals surface area contributed by atoms with Crippen LogP contribution in [0.2, 0.25) is 0 Å². The molecule has 0 fully saturated rings. The smallest absolute Gasteiger partial charge is 0.258 e. The highest BCUT2D eigenvalue weighted by Gasteiger charge is 2.10. The number of aromatic nitrogens is 2. The van der Waals surface area contributed by atoms with E-state index in [1.807, 2.05) is 55.5 Å². The topological polar surface area (TPSA) is 46.9 Å². The van der Waals surface area contributed by atoms with E-state index in [2.05, 4.69) is 26.3 Å². The van der Waals surface area contributed by atoms with Gasteiger partial charge in [-0.2, -0.15) is 5.10 Å². The molecule has 1 amide bonds. The Morgan fingerprint density at radius 1 is 1.22 bits per heavy atom. The summed E-state index contributed by atoms with van der Waals surface area (Å²) in [5, 5.41) is 7.18. The monoisotopic (exact) mass is 369 g/mol. The largest absolute Gasteiger partial charge is 0.322 e. The van der Waals surface area contributed by atoms with Crippen molar-refractivity contribution in [2.75, 3.05) is 5.32 Å². The van der Waals surface area contributed by atoms with E-state index in [-0.39, 0.29) is 5.91 Å². The number of nitrogens with zero attached hydrogens (tertiary/aromatic N) is 2. The number of hydrogen-bond acceptors (Lipinski definition) is 2. The van der Waals surface area contributed by atoms with Crippen LogP contribution in [0.15, 0.2) is 65.4 Å². The number of nitrogens with one attached hydrogen (secondary N) is 1. The highest BCUT2D eigenvalue weighted by atomic mass is 79.9. The van der Waals surface area contributed by atoms with Crippen LogP contribution in [0.25, 0.3) is 0 Å². The molecule has 1 aromatic heterocycles. The van der Waals surface area contributed by atoms with Crippen LogP contribution in [0.5, 0.6) is 0 Å². The summed E-state index contributed by atoms with van der Waals surface area (Å²) in [4.78, 5) is 12.3. The summed E-state index contributed by atoms with van der Waals surface area (Å²) in [5.41, 5.74) is 3.49. The van der Waals surface area contributed by atoms with Gasteiger partial charge < -0.3 is 5.32 Å². The Bertz CT molecular complexity index is 827. The zero-order chi connectivity index (χ0) is 16.2. The summed E-state index contributed by atoms with van der Waals surface area (Å²) in [6.07, 6.45) is 3.35. The molecule has 0 saturated heterocycles. The van der Waals surface area contributed by atoms with Crippen LogP contribution in [-0.4, -0.2) is 15.7 Å². The lowest BCUT2D eigenvalue weighted by molar-refractivity contribution is 0.102. The summed E-state index contributed by atoms with van der Waals surface area (Å²) < 4.78 is 2.75. The minimum atomic E-state index is -0.158. The van der Waals surface area contributed by atoms with Crippen LogP contribution in [0.4, 0.5) is 5.69 Å². The van der Waals surface area contributed by atoms with Gasteiger partial charge in [0.15, 0.2) is 0 Å². The minimum Gasteiger partial charge on any atom is -0.322 e. The van der Waals surface area contributed by atoms with Gasteiger partial charge in [-0.3, -0.25) is 9.48 Å². The van der Waals surface area contributed by atoms with E-state index in [0.717, 1.165) is 21.3 Å². The molecule has 0 unspecified atom stereocenters. The third-order valence-corrected chi connectivity index (χ3v) is 4.01. The van der Waals surface area contributed by atoms with Crippen molar-refractivity contribution >= 4 is 27.5 Å². The lowest BCUT2D eigenvalue weighted by Crippen LogP contribution is -2.12. The molecule has 5 heteroatoms. The number of carbonyl (C=O) groups is 1. The zero-order valence-electron chi connectivity index (χ0n) is 12.7. The van der Waals surface area contributed by atoms with Crippen molar-refractivity contribution in [3.63, 3.8) is 0 Å². The number of amides is 1. The molecular weight excluding hydrogens is 354 g/mol. The van der Waals surface area contributed by atoms with E-state index in [1.54, 1.807) is 17.1 Å². The summed E-state index contributed by atoms with van der Waals surface area (Å²) >= 11 is 3.42. The number of rotatable bonds is 4. The Hall–Kier alpha value is -2.40. The highest BCUT2D eigenvalue weighted by molar-refractivity contribution is 9.10. The number of aryl methyl sites for hydroxylation is 1. The number of anilines is 1. The second-order valence-electron chi connectivity index (χ2n) is 5.33. The van der Waals surface area contributed by atoms with Crippen molar-refractivity contribution in [1.82, 2.24) is 9.78 Å². The summed E-state index contributed by atoms with van der Waals surface area (Å²) in [7, 11) is 0. The van der Waals surface area contributed by atoms with Gasteiger partial charge in [0.25, 0.3) is 5.91 Å². The average molecular weight is 370 g/mol. The van der Waals surface area contributed by atoms with Crippen molar-refractivity contribution < 1.29 is 4.79 Å². The number of hydrogen-bond donors (Lipinski definition) is 1. The minimum absolute atomic E-state index is 0.158. The van der Waals surface area contributed by atoms with Crippen LogP contribution >= 0.6 is 15.9 Å². The fourth-order valence-electron chi connectivity index (χ4n) is 2.30. The molecule has 3 rings (SSSR count). The van der Waals surface area contributed by atoms with Crippen LogP contribution < -0.4 is 5.32 Å². The molecule has 2 aromatic carbocycles. The molecule has 23 heavy (non-hydrogen) atoms. The lowest BCUT2D eigenvalue weighted by atomic mass is 10.2. The molecule has 0 saturated carbocycles. The number of benzene rings is 2. The van der Waals surface area contributed by atoms with Crippen molar-refractivity contribution in [3.05, 3.63) is 82.1 Å². The number of carbonyl (C=O) groups excluding carboxylic acids is 1. The van der Waals surface area contributed by atoms with Gasteiger partial charge in [-0.05, 0) is 36.2 Å². The third-order valence-electron chi connectivity index (χ3n) is 3.52. The molecule has 0 spiro atoms. The van der Waals surface area contributed by atoms with E-state index in [0.29, 0.717) is 12.1 Å². The number of halogens is 1. The Balaban J connectivity index is 1.71. The Labute approximate surface area is 143 Å². The van der Waals surface area contributed by atoms with E-state index in [9.17, 15) is 4.79 Å². The van der Waals surface area contributed by atoms with Crippen molar-refractivity contribution in [2.45, 2.75) is 13.5 Å². The second kappa shape index (κ2) is 6.79. The van der Waals surface area contributed by atoms with E-state index in [1.165, 1.54) is 0 Å². The molecule has 1 heterocycles. The van der Waals surface area contributed by atoms with Crippen molar-refractivity contribution in [2.24, 2.45) is 0 Å².